The minimum atomic E-state index is 0.750. The van der Waals surface area contributed by atoms with Gasteiger partial charge in [-0.25, -0.2) is 0 Å². The lowest BCUT2D eigenvalue weighted by molar-refractivity contribution is 0.281. The smallest absolute Gasteiger partial charge is 0.191 e. The van der Waals surface area contributed by atoms with Crippen molar-refractivity contribution in [1.82, 2.24) is 15.5 Å². The zero-order valence-corrected chi connectivity index (χ0v) is 15.6. The third-order valence-electron chi connectivity index (χ3n) is 3.22. The Morgan fingerprint density at radius 1 is 1.22 bits per heavy atom. The Balaban J connectivity index is 2.30. The summed E-state index contributed by atoms with van der Waals surface area (Å²) in [7, 11) is 5.94. The number of aliphatic imine (C=N–C) groups is 1. The van der Waals surface area contributed by atoms with Crippen LogP contribution in [-0.4, -0.2) is 63.7 Å². The molecule has 23 heavy (non-hydrogen) atoms. The van der Waals surface area contributed by atoms with Crippen molar-refractivity contribution in [1.29, 1.82) is 0 Å². The first kappa shape index (κ1) is 19.6. The monoisotopic (exact) mass is 338 g/mol. The average Bonchev–Trinajstić information content (AvgIpc) is 2.56. The first-order chi connectivity index (χ1) is 11.2. The molecule has 0 fully saturated rings. The van der Waals surface area contributed by atoms with Crippen LogP contribution in [0.25, 0.3) is 0 Å². The van der Waals surface area contributed by atoms with E-state index in [0.29, 0.717) is 0 Å². The zero-order chi connectivity index (χ0) is 16.9. The third kappa shape index (κ3) is 9.36. The minimum Gasteiger partial charge on any atom is -0.494 e. The molecular formula is C17H30N4OS. The van der Waals surface area contributed by atoms with Gasteiger partial charge in [0, 0.05) is 32.4 Å². The fraction of sp³-hybridized carbons (Fsp3) is 0.588. The molecule has 130 valence electrons. The number of thioether (sulfide) groups is 1. The molecule has 5 nitrogen and oxygen atoms in total. The molecule has 0 aliphatic heterocycles. The van der Waals surface area contributed by atoms with Gasteiger partial charge in [-0.1, -0.05) is 12.1 Å². The van der Waals surface area contributed by atoms with Gasteiger partial charge in [0.15, 0.2) is 5.96 Å². The number of benzene rings is 1. The van der Waals surface area contributed by atoms with Gasteiger partial charge in [0.25, 0.3) is 0 Å². The highest BCUT2D eigenvalue weighted by molar-refractivity contribution is 7.98. The quantitative estimate of drug-likeness (QED) is 0.388. The van der Waals surface area contributed by atoms with Gasteiger partial charge in [0.1, 0.15) is 5.75 Å². The van der Waals surface area contributed by atoms with Crippen molar-refractivity contribution in [2.45, 2.75) is 13.0 Å². The highest BCUT2D eigenvalue weighted by atomic mass is 32.2. The van der Waals surface area contributed by atoms with Gasteiger partial charge in [0.05, 0.1) is 6.61 Å². The largest absolute Gasteiger partial charge is 0.494 e. The minimum absolute atomic E-state index is 0.750. The van der Waals surface area contributed by atoms with Crippen molar-refractivity contribution in [3.05, 3.63) is 29.8 Å². The van der Waals surface area contributed by atoms with E-state index in [1.54, 1.807) is 7.05 Å². The fourth-order valence-corrected chi connectivity index (χ4v) is 2.26. The number of hydrogen-bond acceptors (Lipinski definition) is 4. The molecule has 1 aromatic carbocycles. The van der Waals surface area contributed by atoms with Crippen molar-refractivity contribution in [2.75, 3.05) is 52.8 Å². The number of hydrogen-bond donors (Lipinski definition) is 2. The van der Waals surface area contributed by atoms with E-state index in [-0.39, 0.29) is 0 Å². The van der Waals surface area contributed by atoms with E-state index >= 15 is 0 Å². The molecule has 6 heteroatoms. The topological polar surface area (TPSA) is 48.9 Å². The first-order valence-corrected chi connectivity index (χ1v) is 9.35. The van der Waals surface area contributed by atoms with Gasteiger partial charge in [-0.3, -0.25) is 4.99 Å². The zero-order valence-electron chi connectivity index (χ0n) is 14.8. The van der Waals surface area contributed by atoms with Crippen LogP contribution in [0.3, 0.4) is 0 Å². The molecule has 0 radical (unpaired) electrons. The lowest BCUT2D eigenvalue weighted by atomic mass is 10.2. The predicted octanol–water partition coefficient (Wildman–Crippen LogP) is 2.05. The van der Waals surface area contributed by atoms with Crippen LogP contribution in [0.4, 0.5) is 0 Å². The van der Waals surface area contributed by atoms with Crippen molar-refractivity contribution in [3.8, 4) is 5.75 Å². The van der Waals surface area contributed by atoms with Gasteiger partial charge >= 0.3 is 0 Å². The summed E-state index contributed by atoms with van der Waals surface area (Å²) in [5.74, 6) is 2.83. The molecule has 0 amide bonds. The average molecular weight is 339 g/mol. The van der Waals surface area contributed by atoms with Gasteiger partial charge in [-0.2, -0.15) is 11.8 Å². The van der Waals surface area contributed by atoms with Crippen molar-refractivity contribution >= 4 is 17.7 Å². The van der Waals surface area contributed by atoms with E-state index < -0.39 is 0 Å². The maximum Gasteiger partial charge on any atom is 0.191 e. The lowest BCUT2D eigenvalue weighted by Gasteiger charge is -2.12. The molecule has 0 aliphatic carbocycles. The first-order valence-electron chi connectivity index (χ1n) is 7.95. The molecule has 1 aromatic rings. The highest BCUT2D eigenvalue weighted by Crippen LogP contribution is 2.12. The fourth-order valence-electron chi connectivity index (χ4n) is 1.95. The third-order valence-corrected chi connectivity index (χ3v) is 3.84. The number of nitrogens with zero attached hydrogens (tertiary/aromatic N) is 2. The van der Waals surface area contributed by atoms with Gasteiger partial charge in [-0.15, -0.1) is 0 Å². The number of ether oxygens (including phenoxy) is 1. The Kier molecular flexibility index (Phi) is 10.3. The summed E-state index contributed by atoms with van der Waals surface area (Å²) >= 11 is 1.82. The Morgan fingerprint density at radius 2 is 1.96 bits per heavy atom. The predicted molar refractivity (Wildman–Crippen MR) is 102 cm³/mol. The molecule has 2 N–H and O–H groups in total. The highest BCUT2D eigenvalue weighted by Gasteiger charge is 1.99. The molecule has 0 aliphatic rings. The second-order valence-electron chi connectivity index (χ2n) is 5.49. The van der Waals surface area contributed by atoms with E-state index in [1.807, 2.05) is 23.9 Å². The van der Waals surface area contributed by atoms with E-state index in [2.05, 4.69) is 53.0 Å². The van der Waals surface area contributed by atoms with Gasteiger partial charge in [-0.05, 0) is 44.5 Å². The van der Waals surface area contributed by atoms with Crippen LogP contribution in [-0.2, 0) is 6.54 Å². The molecule has 0 spiro atoms. The van der Waals surface area contributed by atoms with E-state index in [1.165, 1.54) is 5.56 Å². The van der Waals surface area contributed by atoms with Crippen molar-refractivity contribution in [3.63, 3.8) is 0 Å². The molecule has 0 saturated carbocycles. The molecule has 0 heterocycles. The Morgan fingerprint density at radius 3 is 2.57 bits per heavy atom. The van der Waals surface area contributed by atoms with Crippen LogP contribution in [0.15, 0.2) is 29.3 Å². The number of nitrogens with one attached hydrogen (secondary N) is 2. The maximum absolute atomic E-state index is 5.74. The normalized spacial score (nSPS) is 11.6. The molecule has 0 bridgehead atoms. The van der Waals surface area contributed by atoms with Crippen LogP contribution in [0.2, 0.25) is 0 Å². The van der Waals surface area contributed by atoms with Crippen LogP contribution in [0.5, 0.6) is 5.75 Å². The molecular weight excluding hydrogens is 308 g/mol. The number of guanidine groups is 1. The summed E-state index contributed by atoms with van der Waals surface area (Å²) in [4.78, 5) is 6.38. The SMILES string of the molecule is CN=C(NCCSC)NCc1ccc(OCCCN(C)C)cc1. The molecule has 0 atom stereocenters. The summed E-state index contributed by atoms with van der Waals surface area (Å²) in [6.45, 7) is 3.47. The summed E-state index contributed by atoms with van der Waals surface area (Å²) in [6, 6.07) is 8.22. The van der Waals surface area contributed by atoms with Gasteiger partial charge < -0.3 is 20.3 Å². The summed E-state index contributed by atoms with van der Waals surface area (Å²) < 4.78 is 5.74. The van der Waals surface area contributed by atoms with E-state index in [0.717, 1.165) is 50.1 Å². The molecule has 0 saturated heterocycles. The lowest BCUT2D eigenvalue weighted by Crippen LogP contribution is -2.37. The molecule has 1 rings (SSSR count). The van der Waals surface area contributed by atoms with E-state index in [4.69, 9.17) is 4.74 Å². The second kappa shape index (κ2) is 12.1. The van der Waals surface area contributed by atoms with Crippen LogP contribution in [0, 0.1) is 0 Å². The standard InChI is InChI=1S/C17H30N4OS/c1-18-17(19-10-13-23-4)20-14-15-6-8-16(9-7-15)22-12-5-11-21(2)3/h6-9H,5,10-14H2,1-4H3,(H2,18,19,20). The van der Waals surface area contributed by atoms with Gasteiger partial charge in [0.2, 0.25) is 0 Å². The molecule has 0 unspecified atom stereocenters. The Labute approximate surface area is 144 Å². The Bertz CT molecular complexity index is 448. The summed E-state index contributed by atoms with van der Waals surface area (Å²) in [5.41, 5.74) is 1.21. The van der Waals surface area contributed by atoms with Crippen molar-refractivity contribution < 1.29 is 4.74 Å². The van der Waals surface area contributed by atoms with Crippen LogP contribution < -0.4 is 15.4 Å². The maximum atomic E-state index is 5.74. The van der Waals surface area contributed by atoms with Crippen molar-refractivity contribution in [2.24, 2.45) is 4.99 Å². The summed E-state index contributed by atoms with van der Waals surface area (Å²) in [6.07, 6.45) is 3.14. The second-order valence-corrected chi connectivity index (χ2v) is 6.48. The van der Waals surface area contributed by atoms with E-state index in [9.17, 15) is 0 Å². The van der Waals surface area contributed by atoms with Crippen LogP contribution >= 0.6 is 11.8 Å². The summed E-state index contributed by atoms with van der Waals surface area (Å²) in [5, 5.41) is 6.60. The van der Waals surface area contributed by atoms with Crippen LogP contribution in [0.1, 0.15) is 12.0 Å². The Hall–Kier alpha value is -1.40. The molecule has 0 aromatic heterocycles. The number of rotatable bonds is 10.